The Morgan fingerprint density at radius 2 is 1.80 bits per heavy atom. The number of ether oxygens (including phenoxy) is 3. The Hall–Kier alpha value is -3.82. The summed E-state index contributed by atoms with van der Waals surface area (Å²) in [7, 11) is 0. The number of pyridine rings is 1. The molecule has 1 saturated carbocycles. The van der Waals surface area contributed by atoms with Crippen molar-refractivity contribution in [1.29, 1.82) is 0 Å². The van der Waals surface area contributed by atoms with Crippen LogP contribution in [0.5, 0.6) is 17.2 Å². The van der Waals surface area contributed by atoms with E-state index in [1.165, 1.54) is 28.8 Å². The molecule has 0 amide bonds. The summed E-state index contributed by atoms with van der Waals surface area (Å²) in [6.07, 6.45) is 11.4. The number of Topliss-reactive ketones (excluding diaryl/α,β-unsaturated/α-hetero) is 1. The third kappa shape index (κ3) is 7.87. The topological polar surface area (TPSA) is 110 Å². The molecule has 2 aromatic carbocycles. The predicted molar refractivity (Wildman–Crippen MR) is 218 cm³/mol. The number of hydrogen-bond donors (Lipinski definition) is 2. The minimum absolute atomic E-state index is 0.190. The fraction of sp³-hybridized carbons (Fsp3) is 0.587. The zero-order valence-corrected chi connectivity index (χ0v) is 34.0. The average Bonchev–Trinajstić information content (AvgIpc) is 3.31. The van der Waals surface area contributed by atoms with Gasteiger partial charge in [-0.05, 0) is 161 Å². The second-order valence-corrected chi connectivity index (χ2v) is 18.3. The van der Waals surface area contributed by atoms with Crippen molar-refractivity contribution in [2.45, 2.75) is 108 Å². The van der Waals surface area contributed by atoms with Gasteiger partial charge in [0.1, 0.15) is 17.1 Å². The highest BCUT2D eigenvalue weighted by molar-refractivity contribution is 6.30. The van der Waals surface area contributed by atoms with Crippen molar-refractivity contribution in [3.63, 3.8) is 0 Å². The molecule has 2 N–H and O–H groups in total. The molecular weight excluding hydrogens is 726 g/mol. The first-order chi connectivity index (χ1) is 27.0. The number of nitrogens with zero attached hydrogens (tertiary/aromatic N) is 2. The molecule has 9 nitrogen and oxygen atoms in total. The molecule has 3 aromatic rings. The number of carboxylic acids is 1. The Balaban J connectivity index is 1.02. The van der Waals surface area contributed by atoms with E-state index in [0.29, 0.717) is 55.3 Å². The van der Waals surface area contributed by atoms with E-state index in [-0.39, 0.29) is 23.2 Å². The lowest BCUT2D eigenvalue weighted by Gasteiger charge is -2.47. The van der Waals surface area contributed by atoms with E-state index in [4.69, 9.17) is 25.8 Å². The van der Waals surface area contributed by atoms with Gasteiger partial charge in [-0.25, -0.2) is 4.79 Å². The van der Waals surface area contributed by atoms with Crippen LogP contribution < -0.4 is 19.5 Å². The van der Waals surface area contributed by atoms with Crippen LogP contribution in [0, 0.1) is 23.7 Å². The van der Waals surface area contributed by atoms with Crippen LogP contribution >= 0.6 is 11.6 Å². The first-order valence-electron chi connectivity index (χ1n) is 21.1. The standard InChI is InChI=1S/C46H58ClN3O6/c1-29(26-54-40-10-17-48-39-9-4-6-30(2)43(39)40)20-35-21-34-22-41-42(56-28-32(27-55-41)25-50-18-11-33(12-19-50)31(3)51)24-38(34)45(35)13-15-46(16-14-45,44(52)53)49-37-8-5-7-36(47)23-37/h5,7-8,10,17,22-24,29-30,32-33,35,49H,4,6,9,11-16,18-21,25-28H2,1-3H3,(H,52,53)/t29-,30-,32?,35+,45?,46?/m1/s1. The molecule has 5 aliphatic rings. The maximum absolute atomic E-state index is 13.1. The molecule has 3 heterocycles. The van der Waals surface area contributed by atoms with Gasteiger partial charge in [0.2, 0.25) is 0 Å². The Kier molecular flexibility index (Phi) is 11.3. The average molecular weight is 784 g/mol. The summed E-state index contributed by atoms with van der Waals surface area (Å²) in [6, 6.07) is 13.9. The maximum Gasteiger partial charge on any atom is 0.329 e. The van der Waals surface area contributed by atoms with Crippen LogP contribution in [0.4, 0.5) is 5.69 Å². The SMILES string of the molecule is CC(=O)C1CCN(CC2COc3cc4c(cc3OC2)C2(CCC(Nc3cccc(Cl)c3)(C(=O)O)CC2)[C@@H](C[C@@H](C)COc2ccnc3c2[C@H](C)CCC3)C4)CC1. The number of piperidine rings is 1. The van der Waals surface area contributed by atoms with E-state index in [0.717, 1.165) is 93.9 Å². The lowest BCUT2D eigenvalue weighted by Crippen LogP contribution is -2.53. The number of likely N-dealkylation sites (tertiary alicyclic amines) is 1. The van der Waals surface area contributed by atoms with Gasteiger partial charge in [-0.1, -0.05) is 31.5 Å². The zero-order chi connectivity index (χ0) is 39.0. The minimum atomic E-state index is -1.09. The molecule has 0 radical (unpaired) electrons. The van der Waals surface area contributed by atoms with Crippen molar-refractivity contribution >= 4 is 29.0 Å². The number of fused-ring (bicyclic) bond motifs is 4. The van der Waals surface area contributed by atoms with Crippen LogP contribution in [-0.4, -0.2) is 71.7 Å². The van der Waals surface area contributed by atoms with Gasteiger partial charge in [-0.15, -0.1) is 0 Å². The van der Waals surface area contributed by atoms with Crippen LogP contribution in [0.3, 0.4) is 0 Å². The summed E-state index contributed by atoms with van der Waals surface area (Å²) in [5.41, 5.74) is 4.48. The summed E-state index contributed by atoms with van der Waals surface area (Å²) < 4.78 is 19.7. The molecule has 0 bridgehead atoms. The maximum atomic E-state index is 13.1. The largest absolute Gasteiger partial charge is 0.493 e. The Morgan fingerprint density at radius 3 is 2.52 bits per heavy atom. The Bertz CT molecular complexity index is 1920. The zero-order valence-electron chi connectivity index (χ0n) is 33.3. The van der Waals surface area contributed by atoms with Crippen LogP contribution in [-0.2, 0) is 27.8 Å². The molecule has 2 aliphatic heterocycles. The monoisotopic (exact) mass is 783 g/mol. The van der Waals surface area contributed by atoms with E-state index >= 15 is 0 Å². The molecule has 1 saturated heterocycles. The number of aromatic nitrogens is 1. The summed E-state index contributed by atoms with van der Waals surface area (Å²) in [4.78, 5) is 32.2. The van der Waals surface area contributed by atoms with Crippen molar-refractivity contribution in [2.75, 3.05) is 44.8 Å². The highest BCUT2D eigenvalue weighted by atomic mass is 35.5. The quantitative estimate of drug-likeness (QED) is 0.197. The van der Waals surface area contributed by atoms with E-state index in [2.05, 4.69) is 41.2 Å². The number of anilines is 1. The summed E-state index contributed by atoms with van der Waals surface area (Å²) in [5.74, 6) is 3.53. The fourth-order valence-corrected chi connectivity index (χ4v) is 11.0. The Morgan fingerprint density at radius 1 is 1.05 bits per heavy atom. The van der Waals surface area contributed by atoms with Gasteiger partial charge in [0.05, 0.1) is 19.8 Å². The number of nitrogens with one attached hydrogen (secondary N) is 1. The van der Waals surface area contributed by atoms with E-state index in [1.54, 1.807) is 19.1 Å². The van der Waals surface area contributed by atoms with Gasteiger partial charge in [-0.2, -0.15) is 0 Å². The normalized spacial score (nSPS) is 28.2. The molecule has 56 heavy (non-hydrogen) atoms. The number of carbonyl (C=O) groups is 2. The van der Waals surface area contributed by atoms with Crippen LogP contribution in [0.1, 0.15) is 107 Å². The number of halogens is 1. The molecule has 1 unspecified atom stereocenters. The predicted octanol–water partition coefficient (Wildman–Crippen LogP) is 8.89. The van der Waals surface area contributed by atoms with Gasteiger partial charge < -0.3 is 29.5 Å². The molecule has 10 heteroatoms. The molecular formula is C46H58ClN3O6. The lowest BCUT2D eigenvalue weighted by molar-refractivity contribution is -0.144. The fourth-order valence-electron chi connectivity index (χ4n) is 10.8. The lowest BCUT2D eigenvalue weighted by atomic mass is 9.59. The Labute approximate surface area is 336 Å². The van der Waals surface area contributed by atoms with Crippen LogP contribution in [0.15, 0.2) is 48.7 Å². The molecule has 1 aromatic heterocycles. The number of hydrogen-bond acceptors (Lipinski definition) is 8. The number of rotatable bonds is 11. The number of benzene rings is 2. The minimum Gasteiger partial charge on any atom is -0.493 e. The van der Waals surface area contributed by atoms with Gasteiger partial charge >= 0.3 is 5.97 Å². The highest BCUT2D eigenvalue weighted by Crippen LogP contribution is 2.58. The second kappa shape index (κ2) is 16.2. The number of ketones is 1. The van der Waals surface area contributed by atoms with Crippen LogP contribution in [0.25, 0.3) is 0 Å². The molecule has 3 aliphatic carbocycles. The van der Waals surface area contributed by atoms with E-state index in [9.17, 15) is 14.7 Å². The number of aliphatic carboxylic acids is 1. The molecule has 8 rings (SSSR count). The van der Waals surface area contributed by atoms with Crippen molar-refractivity contribution in [1.82, 2.24) is 9.88 Å². The molecule has 2 fully saturated rings. The van der Waals surface area contributed by atoms with Crippen molar-refractivity contribution in [3.05, 3.63) is 76.1 Å². The van der Waals surface area contributed by atoms with Gasteiger partial charge in [-0.3, -0.25) is 9.78 Å². The van der Waals surface area contributed by atoms with Crippen LogP contribution in [0.2, 0.25) is 5.02 Å². The number of aryl methyl sites for hydroxylation is 1. The number of carbonyl (C=O) groups excluding carboxylic acids is 1. The summed E-state index contributed by atoms with van der Waals surface area (Å²) in [5, 5.41) is 14.7. The third-order valence-electron chi connectivity index (χ3n) is 14.0. The second-order valence-electron chi connectivity index (χ2n) is 17.8. The summed E-state index contributed by atoms with van der Waals surface area (Å²) >= 11 is 6.32. The van der Waals surface area contributed by atoms with E-state index in [1.807, 2.05) is 24.4 Å². The van der Waals surface area contributed by atoms with Gasteiger partial charge in [0, 0.05) is 46.5 Å². The molecule has 1 spiro atoms. The first-order valence-corrected chi connectivity index (χ1v) is 21.4. The summed E-state index contributed by atoms with van der Waals surface area (Å²) in [6.45, 7) is 10.8. The first kappa shape index (κ1) is 39.0. The van der Waals surface area contributed by atoms with Crippen molar-refractivity contribution in [3.8, 4) is 17.2 Å². The smallest absolute Gasteiger partial charge is 0.329 e. The van der Waals surface area contributed by atoms with Gasteiger partial charge in [0.15, 0.2) is 11.5 Å². The number of carboxylic acid groups (broad SMARTS) is 1. The van der Waals surface area contributed by atoms with E-state index < -0.39 is 11.5 Å². The highest BCUT2D eigenvalue weighted by Gasteiger charge is 2.54. The van der Waals surface area contributed by atoms with Crippen molar-refractivity contribution < 1.29 is 28.9 Å². The molecule has 300 valence electrons. The van der Waals surface area contributed by atoms with Gasteiger partial charge in [0.25, 0.3) is 0 Å². The third-order valence-corrected chi connectivity index (χ3v) is 14.2. The van der Waals surface area contributed by atoms with Crippen molar-refractivity contribution in [2.24, 2.45) is 23.7 Å². The molecule has 4 atom stereocenters.